The summed E-state index contributed by atoms with van der Waals surface area (Å²) >= 11 is 0. The van der Waals surface area contributed by atoms with Crippen molar-refractivity contribution in [2.45, 2.75) is 45.5 Å². The van der Waals surface area contributed by atoms with Crippen molar-refractivity contribution < 1.29 is 22.8 Å². The van der Waals surface area contributed by atoms with E-state index >= 15 is 0 Å². The number of Topliss-reactive ketones (excluding diaryl/α,β-unsaturated/α-hetero) is 1. The van der Waals surface area contributed by atoms with Crippen LogP contribution in [0.15, 0.2) is 18.5 Å². The molecule has 0 spiro atoms. The maximum absolute atomic E-state index is 12.2. The van der Waals surface area contributed by atoms with Crippen LogP contribution in [0.2, 0.25) is 0 Å². The van der Waals surface area contributed by atoms with Gasteiger partial charge >= 0.3 is 6.18 Å². The van der Waals surface area contributed by atoms with E-state index in [9.17, 15) is 22.8 Å². The number of nitrogens with zero attached hydrogens (tertiary/aromatic N) is 1. The van der Waals surface area contributed by atoms with Crippen LogP contribution in [0.25, 0.3) is 0 Å². The van der Waals surface area contributed by atoms with Crippen LogP contribution < -0.4 is 5.32 Å². The zero-order valence-electron chi connectivity index (χ0n) is 11.3. The molecule has 0 aliphatic rings. The van der Waals surface area contributed by atoms with E-state index in [1.165, 1.54) is 10.8 Å². The van der Waals surface area contributed by atoms with E-state index in [0.717, 1.165) is 25.1 Å². The van der Waals surface area contributed by atoms with E-state index in [2.05, 4.69) is 5.32 Å². The molecule has 1 heterocycles. The number of carbonyl (C=O) groups is 2. The summed E-state index contributed by atoms with van der Waals surface area (Å²) in [7, 11) is 0. The van der Waals surface area contributed by atoms with Crippen LogP contribution in [0.1, 0.15) is 37.0 Å². The first-order chi connectivity index (χ1) is 9.24. The number of rotatable bonds is 6. The Morgan fingerprint density at radius 2 is 2.05 bits per heavy atom. The van der Waals surface area contributed by atoms with Gasteiger partial charge < -0.3 is 9.88 Å². The topological polar surface area (TPSA) is 51.1 Å². The lowest BCUT2D eigenvalue weighted by atomic mass is 10.2. The summed E-state index contributed by atoms with van der Waals surface area (Å²) in [5.74, 6) is -2.21. The molecule has 1 unspecified atom stereocenters. The standard InChI is InChI=1S/C13H17F3N2O2/c1-3-4-9(2)17-11(19)8-18-6-5-10(7-18)12(20)13(14,15)16/h5-7,9H,3-4,8H2,1-2H3,(H,17,19). The first-order valence-electron chi connectivity index (χ1n) is 6.30. The predicted octanol–water partition coefficient (Wildman–Crippen LogP) is 2.54. The molecule has 0 fully saturated rings. The van der Waals surface area contributed by atoms with Gasteiger partial charge in [0.2, 0.25) is 5.91 Å². The Labute approximate surface area is 115 Å². The third-order valence-electron chi connectivity index (χ3n) is 2.73. The molecule has 0 aliphatic carbocycles. The summed E-state index contributed by atoms with van der Waals surface area (Å²) in [6.07, 6.45) is -0.836. The molecular weight excluding hydrogens is 273 g/mol. The smallest absolute Gasteiger partial charge is 0.352 e. The highest BCUT2D eigenvalue weighted by molar-refractivity contribution is 6.00. The molecule has 4 nitrogen and oxygen atoms in total. The highest BCUT2D eigenvalue weighted by Crippen LogP contribution is 2.21. The van der Waals surface area contributed by atoms with Crippen molar-refractivity contribution in [3.8, 4) is 0 Å². The molecule has 1 aromatic heterocycles. The molecule has 0 aliphatic heterocycles. The van der Waals surface area contributed by atoms with Gasteiger partial charge in [0.1, 0.15) is 6.54 Å². The second-order valence-electron chi connectivity index (χ2n) is 4.66. The normalized spacial score (nSPS) is 13.1. The highest BCUT2D eigenvalue weighted by Gasteiger charge is 2.39. The molecule has 0 saturated heterocycles. The van der Waals surface area contributed by atoms with E-state index in [1.807, 2.05) is 13.8 Å². The number of hydrogen-bond donors (Lipinski definition) is 1. The molecule has 20 heavy (non-hydrogen) atoms. The van der Waals surface area contributed by atoms with Crippen molar-refractivity contribution in [2.75, 3.05) is 0 Å². The van der Waals surface area contributed by atoms with Crippen LogP contribution in [0.3, 0.4) is 0 Å². The van der Waals surface area contributed by atoms with Gasteiger partial charge in [0, 0.05) is 24.0 Å². The molecule has 1 aromatic rings. The molecule has 0 bridgehead atoms. The molecule has 0 radical (unpaired) electrons. The van der Waals surface area contributed by atoms with Crippen molar-refractivity contribution in [1.29, 1.82) is 0 Å². The van der Waals surface area contributed by atoms with Crippen LogP contribution in [-0.2, 0) is 11.3 Å². The first kappa shape index (κ1) is 16.3. The SMILES string of the molecule is CCCC(C)NC(=O)Cn1ccc(C(=O)C(F)(F)F)c1. The maximum Gasteiger partial charge on any atom is 0.454 e. The van der Waals surface area contributed by atoms with Gasteiger partial charge in [-0.05, 0) is 19.4 Å². The van der Waals surface area contributed by atoms with Crippen molar-refractivity contribution in [2.24, 2.45) is 0 Å². The predicted molar refractivity (Wildman–Crippen MR) is 67.3 cm³/mol. The van der Waals surface area contributed by atoms with Gasteiger partial charge in [0.25, 0.3) is 5.78 Å². The summed E-state index contributed by atoms with van der Waals surface area (Å²) < 4.78 is 37.9. The lowest BCUT2D eigenvalue weighted by Crippen LogP contribution is -2.34. The number of aromatic nitrogens is 1. The zero-order chi connectivity index (χ0) is 15.3. The van der Waals surface area contributed by atoms with Crippen LogP contribution in [0, 0.1) is 0 Å². The van der Waals surface area contributed by atoms with Gasteiger partial charge in [-0.25, -0.2) is 0 Å². The molecule has 1 N–H and O–H groups in total. The fraction of sp³-hybridized carbons (Fsp3) is 0.538. The lowest BCUT2D eigenvalue weighted by molar-refractivity contribution is -0.122. The quantitative estimate of drug-likeness (QED) is 0.819. The van der Waals surface area contributed by atoms with E-state index < -0.39 is 17.5 Å². The Kier molecular flexibility index (Phi) is 5.35. The Balaban J connectivity index is 2.60. The second kappa shape index (κ2) is 6.58. The third-order valence-corrected chi connectivity index (χ3v) is 2.73. The zero-order valence-corrected chi connectivity index (χ0v) is 11.3. The molecule has 0 saturated carbocycles. The van der Waals surface area contributed by atoms with Crippen LogP contribution in [0.4, 0.5) is 13.2 Å². The van der Waals surface area contributed by atoms with Crippen LogP contribution in [-0.4, -0.2) is 28.5 Å². The lowest BCUT2D eigenvalue weighted by Gasteiger charge is -2.12. The fourth-order valence-electron chi connectivity index (χ4n) is 1.83. The monoisotopic (exact) mass is 290 g/mol. The van der Waals surface area contributed by atoms with Crippen LogP contribution in [0.5, 0.6) is 0 Å². The van der Waals surface area contributed by atoms with E-state index in [-0.39, 0.29) is 18.5 Å². The largest absolute Gasteiger partial charge is 0.454 e. The first-order valence-corrected chi connectivity index (χ1v) is 6.30. The van der Waals surface area contributed by atoms with E-state index in [0.29, 0.717) is 0 Å². The Hall–Kier alpha value is -1.79. The van der Waals surface area contributed by atoms with Gasteiger partial charge in [-0.15, -0.1) is 0 Å². The molecule has 1 atom stereocenters. The van der Waals surface area contributed by atoms with Crippen molar-refractivity contribution in [3.63, 3.8) is 0 Å². The van der Waals surface area contributed by atoms with Crippen molar-refractivity contribution in [1.82, 2.24) is 9.88 Å². The van der Waals surface area contributed by atoms with Gasteiger partial charge in [0.05, 0.1) is 0 Å². The maximum atomic E-state index is 12.2. The van der Waals surface area contributed by atoms with Gasteiger partial charge in [-0.3, -0.25) is 9.59 Å². The number of alkyl halides is 3. The highest BCUT2D eigenvalue weighted by atomic mass is 19.4. The molecule has 7 heteroatoms. The average Bonchev–Trinajstić information content (AvgIpc) is 2.74. The third kappa shape index (κ3) is 4.71. The number of amides is 1. The summed E-state index contributed by atoms with van der Waals surface area (Å²) in [6, 6.07) is 1.07. The van der Waals surface area contributed by atoms with Gasteiger partial charge in [-0.1, -0.05) is 13.3 Å². The van der Waals surface area contributed by atoms with E-state index in [4.69, 9.17) is 0 Å². The van der Waals surface area contributed by atoms with Gasteiger partial charge in [0.15, 0.2) is 0 Å². The number of nitrogens with one attached hydrogen (secondary N) is 1. The summed E-state index contributed by atoms with van der Waals surface area (Å²) in [6.45, 7) is 3.73. The Morgan fingerprint density at radius 3 is 2.60 bits per heavy atom. The minimum absolute atomic E-state index is 0.0133. The number of hydrogen-bond acceptors (Lipinski definition) is 2. The van der Waals surface area contributed by atoms with Crippen molar-refractivity contribution in [3.05, 3.63) is 24.0 Å². The molecular formula is C13H17F3N2O2. The average molecular weight is 290 g/mol. The summed E-state index contributed by atoms with van der Waals surface area (Å²) in [5, 5.41) is 2.73. The molecule has 1 amide bonds. The summed E-state index contributed by atoms with van der Waals surface area (Å²) in [4.78, 5) is 22.6. The number of carbonyl (C=O) groups excluding carboxylic acids is 2. The van der Waals surface area contributed by atoms with E-state index in [1.54, 1.807) is 0 Å². The molecule has 0 aromatic carbocycles. The van der Waals surface area contributed by atoms with Crippen LogP contribution >= 0.6 is 0 Å². The Bertz CT molecular complexity index is 480. The number of halogens is 3. The second-order valence-corrected chi connectivity index (χ2v) is 4.66. The Morgan fingerprint density at radius 1 is 1.40 bits per heavy atom. The molecule has 112 valence electrons. The fourth-order valence-corrected chi connectivity index (χ4v) is 1.83. The summed E-state index contributed by atoms with van der Waals surface area (Å²) in [5.41, 5.74) is -0.466. The minimum atomic E-state index is -4.90. The minimum Gasteiger partial charge on any atom is -0.352 e. The number of ketones is 1. The molecule has 1 rings (SSSR count). The van der Waals surface area contributed by atoms with Crippen molar-refractivity contribution >= 4 is 11.7 Å². The van der Waals surface area contributed by atoms with Gasteiger partial charge in [-0.2, -0.15) is 13.2 Å².